The molecule has 2 aromatic heterocycles. The predicted octanol–water partition coefficient (Wildman–Crippen LogP) is 3.79. The fraction of sp³-hybridized carbons (Fsp3) is 0.407. The molecule has 0 amide bonds. The second-order valence-electron chi connectivity index (χ2n) is 9.68. The van der Waals surface area contributed by atoms with Crippen molar-refractivity contribution in [1.82, 2.24) is 15.0 Å². The minimum Gasteiger partial charge on any atom is -0.482 e. The SMILES string of the molecule is C.N[C@@H]1c2cccc(F)c2OC12CCN(c1cnc3c(n1)CN=C3N1CCCc3ncccc31)CC2. The lowest BCUT2D eigenvalue weighted by Gasteiger charge is -2.41. The van der Waals surface area contributed by atoms with Gasteiger partial charge < -0.3 is 20.3 Å². The van der Waals surface area contributed by atoms with Crippen LogP contribution >= 0.6 is 0 Å². The van der Waals surface area contributed by atoms with Gasteiger partial charge in [0.1, 0.15) is 17.1 Å². The summed E-state index contributed by atoms with van der Waals surface area (Å²) in [5.74, 6) is 1.69. The molecule has 0 bridgehead atoms. The van der Waals surface area contributed by atoms with E-state index in [0.29, 0.717) is 25.1 Å². The van der Waals surface area contributed by atoms with Gasteiger partial charge in [0, 0.05) is 44.2 Å². The van der Waals surface area contributed by atoms with Crippen molar-refractivity contribution in [3.8, 4) is 5.75 Å². The van der Waals surface area contributed by atoms with Gasteiger partial charge in [0.25, 0.3) is 0 Å². The fourth-order valence-corrected chi connectivity index (χ4v) is 5.87. The van der Waals surface area contributed by atoms with Gasteiger partial charge in [-0.3, -0.25) is 9.98 Å². The van der Waals surface area contributed by atoms with Crippen LogP contribution in [0.3, 0.4) is 0 Å². The number of ether oxygens (including phenoxy) is 1. The summed E-state index contributed by atoms with van der Waals surface area (Å²) < 4.78 is 20.4. The van der Waals surface area contributed by atoms with E-state index in [1.165, 1.54) is 6.07 Å². The number of anilines is 2. The topological polar surface area (TPSA) is 92.8 Å². The highest BCUT2D eigenvalue weighted by atomic mass is 19.1. The molecule has 9 heteroatoms. The van der Waals surface area contributed by atoms with Gasteiger partial charge in [-0.2, -0.15) is 0 Å². The first-order valence-corrected chi connectivity index (χ1v) is 12.2. The molecule has 3 aromatic rings. The predicted molar refractivity (Wildman–Crippen MR) is 137 cm³/mol. The van der Waals surface area contributed by atoms with Crippen LogP contribution in [0.1, 0.15) is 55.4 Å². The number of rotatable bonds is 1. The molecular formula is C27H30FN7O. The lowest BCUT2D eigenvalue weighted by molar-refractivity contribution is 0.0402. The van der Waals surface area contributed by atoms with Crippen molar-refractivity contribution in [2.45, 2.75) is 51.3 Å². The zero-order chi connectivity index (χ0) is 23.6. The third-order valence-corrected chi connectivity index (χ3v) is 7.77. The van der Waals surface area contributed by atoms with E-state index in [9.17, 15) is 4.39 Å². The maximum absolute atomic E-state index is 14.3. The average Bonchev–Trinajstić information content (AvgIpc) is 3.44. The number of nitrogens with zero attached hydrogens (tertiary/aromatic N) is 6. The molecule has 0 saturated carbocycles. The summed E-state index contributed by atoms with van der Waals surface area (Å²) in [4.78, 5) is 23.5. The van der Waals surface area contributed by atoms with Crippen LogP contribution in [0.25, 0.3) is 0 Å². The quantitative estimate of drug-likeness (QED) is 0.558. The molecule has 1 saturated heterocycles. The molecule has 0 aliphatic carbocycles. The Morgan fingerprint density at radius 3 is 2.75 bits per heavy atom. The lowest BCUT2D eigenvalue weighted by Crippen LogP contribution is -2.51. The van der Waals surface area contributed by atoms with Crippen molar-refractivity contribution in [3.05, 3.63) is 71.2 Å². The second kappa shape index (κ2) is 8.51. The standard InChI is InChI=1S/C26H26FN7O.CH4/c27-17-5-1-4-16-23(17)35-26(24(16)28)8-12-33(13-9-26)21-15-30-22-19(32-21)14-31-25(22)34-11-3-6-18-20(34)7-2-10-29-18;/h1-2,4-5,7,10,15,24H,3,6,8-9,11-14,28H2;1H4/t24-;/m1./s1. The molecule has 4 aliphatic rings. The van der Waals surface area contributed by atoms with E-state index in [-0.39, 0.29) is 19.3 Å². The smallest absolute Gasteiger partial charge is 0.165 e. The summed E-state index contributed by atoms with van der Waals surface area (Å²) in [5.41, 5.74) is 10.7. The molecule has 2 N–H and O–H groups in total. The molecule has 1 fully saturated rings. The number of hydrogen-bond acceptors (Lipinski definition) is 8. The number of halogens is 1. The first-order valence-electron chi connectivity index (χ1n) is 12.2. The molecule has 0 radical (unpaired) electrons. The Morgan fingerprint density at radius 2 is 1.92 bits per heavy atom. The maximum atomic E-state index is 14.3. The third kappa shape index (κ3) is 3.37. The van der Waals surface area contributed by atoms with Crippen LogP contribution in [0, 0.1) is 5.82 Å². The van der Waals surface area contributed by atoms with Gasteiger partial charge in [-0.1, -0.05) is 19.6 Å². The highest BCUT2D eigenvalue weighted by molar-refractivity contribution is 6.11. The van der Waals surface area contributed by atoms with Crippen molar-refractivity contribution < 1.29 is 9.13 Å². The van der Waals surface area contributed by atoms with Crippen LogP contribution in [0.15, 0.2) is 47.7 Å². The van der Waals surface area contributed by atoms with Crippen molar-refractivity contribution in [2.75, 3.05) is 29.4 Å². The molecule has 6 heterocycles. The molecule has 0 unspecified atom stereocenters. The Balaban J connectivity index is 0.00000240. The number of piperidine rings is 1. The average molecular weight is 488 g/mol. The minimum absolute atomic E-state index is 0. The monoisotopic (exact) mass is 487 g/mol. The highest BCUT2D eigenvalue weighted by Gasteiger charge is 2.49. The molecule has 1 spiro atoms. The van der Waals surface area contributed by atoms with Gasteiger partial charge in [0.2, 0.25) is 0 Å². The Hall–Kier alpha value is -3.59. The van der Waals surface area contributed by atoms with E-state index in [1.54, 1.807) is 6.07 Å². The van der Waals surface area contributed by atoms with Crippen LogP contribution in [0.2, 0.25) is 0 Å². The van der Waals surface area contributed by atoms with E-state index in [2.05, 4.69) is 20.9 Å². The number of para-hydroxylation sites is 1. The first kappa shape index (κ1) is 22.8. The van der Waals surface area contributed by atoms with Crippen LogP contribution in [-0.2, 0) is 13.0 Å². The molecule has 8 nitrogen and oxygen atoms in total. The number of aliphatic imine (C=N–C) groups is 1. The van der Waals surface area contributed by atoms with Gasteiger partial charge in [-0.25, -0.2) is 14.4 Å². The number of aromatic nitrogens is 3. The maximum Gasteiger partial charge on any atom is 0.165 e. The van der Waals surface area contributed by atoms with E-state index in [0.717, 1.165) is 72.5 Å². The first-order chi connectivity index (χ1) is 17.1. The zero-order valence-corrected chi connectivity index (χ0v) is 19.3. The number of nitrogens with two attached hydrogens (primary N) is 1. The summed E-state index contributed by atoms with van der Waals surface area (Å²) in [6, 6.07) is 8.73. The molecule has 36 heavy (non-hydrogen) atoms. The molecule has 186 valence electrons. The Kier molecular flexibility index (Phi) is 5.40. The fourth-order valence-electron chi connectivity index (χ4n) is 5.87. The van der Waals surface area contributed by atoms with E-state index < -0.39 is 5.60 Å². The molecule has 4 aliphatic heterocycles. The van der Waals surface area contributed by atoms with E-state index in [1.807, 2.05) is 24.5 Å². The van der Waals surface area contributed by atoms with Gasteiger partial charge in [-0.05, 0) is 31.0 Å². The summed E-state index contributed by atoms with van der Waals surface area (Å²) in [7, 11) is 0. The van der Waals surface area contributed by atoms with Crippen molar-refractivity contribution >= 4 is 17.3 Å². The number of fused-ring (bicyclic) bond motifs is 3. The molecule has 1 aromatic carbocycles. The Morgan fingerprint density at radius 1 is 1.06 bits per heavy atom. The van der Waals surface area contributed by atoms with Gasteiger partial charge in [0.05, 0.1) is 35.9 Å². The molecular weight excluding hydrogens is 457 g/mol. The van der Waals surface area contributed by atoms with Crippen LogP contribution in [0.4, 0.5) is 15.9 Å². The normalized spacial score (nSPS) is 21.3. The number of benzene rings is 1. The zero-order valence-electron chi connectivity index (χ0n) is 19.3. The van der Waals surface area contributed by atoms with Gasteiger partial charge in [-0.15, -0.1) is 0 Å². The van der Waals surface area contributed by atoms with Crippen LogP contribution in [-0.4, -0.2) is 46.0 Å². The van der Waals surface area contributed by atoms with Gasteiger partial charge in [0.15, 0.2) is 17.4 Å². The van der Waals surface area contributed by atoms with Gasteiger partial charge >= 0.3 is 0 Å². The van der Waals surface area contributed by atoms with Crippen LogP contribution in [0.5, 0.6) is 5.75 Å². The number of amidine groups is 1. The highest BCUT2D eigenvalue weighted by Crippen LogP contribution is 2.48. The second-order valence-corrected chi connectivity index (χ2v) is 9.68. The Labute approximate surface area is 210 Å². The number of pyridine rings is 1. The summed E-state index contributed by atoms with van der Waals surface area (Å²) in [5, 5.41) is 0. The lowest BCUT2D eigenvalue weighted by atomic mass is 9.83. The number of hydrogen-bond donors (Lipinski definition) is 1. The minimum atomic E-state index is -0.572. The van der Waals surface area contributed by atoms with Crippen LogP contribution < -0.4 is 20.3 Å². The summed E-state index contributed by atoms with van der Waals surface area (Å²) in [6.45, 7) is 2.86. The van der Waals surface area contributed by atoms with E-state index >= 15 is 0 Å². The number of aryl methyl sites for hydroxylation is 1. The molecule has 7 rings (SSSR count). The third-order valence-electron chi connectivity index (χ3n) is 7.77. The van der Waals surface area contributed by atoms with Crippen molar-refractivity contribution in [1.29, 1.82) is 0 Å². The molecule has 1 atom stereocenters. The Bertz CT molecular complexity index is 1350. The summed E-state index contributed by atoms with van der Waals surface area (Å²) >= 11 is 0. The van der Waals surface area contributed by atoms with Crippen molar-refractivity contribution in [3.63, 3.8) is 0 Å². The largest absolute Gasteiger partial charge is 0.482 e. The van der Waals surface area contributed by atoms with Crippen molar-refractivity contribution in [2.24, 2.45) is 10.7 Å². The summed E-state index contributed by atoms with van der Waals surface area (Å²) in [6.07, 6.45) is 7.10. The van der Waals surface area contributed by atoms with E-state index in [4.69, 9.17) is 25.4 Å².